The number of aromatic amines is 1. The zero-order valence-electron chi connectivity index (χ0n) is 17.5. The second-order valence-electron chi connectivity index (χ2n) is 7.11. The number of amides is 1. The van der Waals surface area contributed by atoms with E-state index in [0.29, 0.717) is 59.1 Å². The Balaban J connectivity index is 1.55. The normalized spacial score (nSPS) is 10.8. The molecule has 0 aliphatic rings. The lowest BCUT2D eigenvalue weighted by atomic mass is 10.1. The van der Waals surface area contributed by atoms with Crippen molar-refractivity contribution >= 4 is 34.2 Å². The number of carbonyl (C=O) groups excluding carboxylic acids is 2. The molecule has 0 unspecified atom stereocenters. The van der Waals surface area contributed by atoms with Crippen molar-refractivity contribution in [2.45, 2.75) is 33.2 Å². The van der Waals surface area contributed by atoms with Crippen LogP contribution in [0.5, 0.6) is 5.75 Å². The Kier molecular flexibility index (Phi) is 7.41. The van der Waals surface area contributed by atoms with Gasteiger partial charge < -0.3 is 14.6 Å². The Bertz CT molecular complexity index is 1140. The molecule has 1 amide bonds. The zero-order valence-corrected chi connectivity index (χ0v) is 18.2. The van der Waals surface area contributed by atoms with E-state index in [1.165, 1.54) is 6.92 Å². The summed E-state index contributed by atoms with van der Waals surface area (Å²) in [4.78, 5) is 45.0. The van der Waals surface area contributed by atoms with Gasteiger partial charge in [0, 0.05) is 23.6 Å². The first-order valence-electron chi connectivity index (χ1n) is 10.1. The molecule has 0 aliphatic carbocycles. The molecular formula is C23H24ClN3O4. The van der Waals surface area contributed by atoms with Crippen LogP contribution in [-0.2, 0) is 11.3 Å². The van der Waals surface area contributed by atoms with Gasteiger partial charge in [-0.15, -0.1) is 0 Å². The van der Waals surface area contributed by atoms with Crippen molar-refractivity contribution in [1.29, 1.82) is 0 Å². The van der Waals surface area contributed by atoms with Crippen LogP contribution in [0.15, 0.2) is 47.3 Å². The number of hydrogen-bond acceptors (Lipinski definition) is 5. The minimum absolute atomic E-state index is 0.00199. The summed E-state index contributed by atoms with van der Waals surface area (Å²) in [6, 6.07) is 11.8. The number of fused-ring (bicyclic) bond motifs is 1. The van der Waals surface area contributed by atoms with Crippen molar-refractivity contribution in [2.24, 2.45) is 0 Å². The van der Waals surface area contributed by atoms with Crippen molar-refractivity contribution in [3.8, 4) is 5.75 Å². The van der Waals surface area contributed by atoms with Crippen molar-refractivity contribution < 1.29 is 14.3 Å². The molecule has 0 saturated heterocycles. The number of nitrogens with one attached hydrogen (secondary N) is 1. The van der Waals surface area contributed by atoms with Gasteiger partial charge in [0.05, 0.1) is 24.1 Å². The molecule has 1 heterocycles. The number of nitrogens with zero attached hydrogens (tertiary/aromatic N) is 2. The minimum Gasteiger partial charge on any atom is -0.494 e. The fourth-order valence-corrected chi connectivity index (χ4v) is 3.32. The SMILES string of the molecule is CCN(Cc1nc2cc(Cl)ccc2c(=O)[nH]1)C(=O)CCCOc1ccc(C(C)=O)cc1. The van der Waals surface area contributed by atoms with Crippen molar-refractivity contribution in [2.75, 3.05) is 13.2 Å². The molecule has 0 saturated carbocycles. The number of halogens is 1. The van der Waals surface area contributed by atoms with Crippen LogP contribution in [-0.4, -0.2) is 39.7 Å². The molecule has 31 heavy (non-hydrogen) atoms. The van der Waals surface area contributed by atoms with Crippen LogP contribution < -0.4 is 10.3 Å². The monoisotopic (exact) mass is 441 g/mol. The van der Waals surface area contributed by atoms with Gasteiger partial charge in [-0.25, -0.2) is 4.98 Å². The Morgan fingerprint density at radius 1 is 1.16 bits per heavy atom. The average Bonchev–Trinajstić information content (AvgIpc) is 2.74. The van der Waals surface area contributed by atoms with Gasteiger partial charge in [0.1, 0.15) is 11.6 Å². The molecule has 1 aromatic heterocycles. The van der Waals surface area contributed by atoms with Gasteiger partial charge in [-0.05, 0) is 62.7 Å². The summed E-state index contributed by atoms with van der Waals surface area (Å²) in [5.41, 5.74) is 0.868. The van der Waals surface area contributed by atoms with E-state index < -0.39 is 0 Å². The van der Waals surface area contributed by atoms with Gasteiger partial charge in [-0.3, -0.25) is 14.4 Å². The average molecular weight is 442 g/mol. The number of aromatic nitrogens is 2. The third kappa shape index (κ3) is 5.92. The molecule has 2 aromatic carbocycles. The van der Waals surface area contributed by atoms with Gasteiger partial charge in [0.15, 0.2) is 5.78 Å². The third-order valence-corrected chi connectivity index (χ3v) is 5.09. The van der Waals surface area contributed by atoms with Crippen LogP contribution in [0.25, 0.3) is 10.9 Å². The molecule has 0 aliphatic heterocycles. The van der Waals surface area contributed by atoms with Gasteiger partial charge in [0.2, 0.25) is 5.91 Å². The first kappa shape index (κ1) is 22.5. The quantitative estimate of drug-likeness (QED) is 0.400. The Labute approximate surface area is 185 Å². The van der Waals surface area contributed by atoms with E-state index in [4.69, 9.17) is 16.3 Å². The predicted octanol–water partition coefficient (Wildman–Crippen LogP) is 3.99. The summed E-state index contributed by atoms with van der Waals surface area (Å²) in [5, 5.41) is 0.951. The number of hydrogen-bond donors (Lipinski definition) is 1. The van der Waals surface area contributed by atoms with E-state index in [-0.39, 0.29) is 23.8 Å². The summed E-state index contributed by atoms with van der Waals surface area (Å²) < 4.78 is 5.64. The number of benzene rings is 2. The van der Waals surface area contributed by atoms with Gasteiger partial charge >= 0.3 is 0 Å². The highest BCUT2D eigenvalue weighted by Gasteiger charge is 2.14. The van der Waals surface area contributed by atoms with E-state index in [1.54, 1.807) is 47.4 Å². The fourth-order valence-electron chi connectivity index (χ4n) is 3.15. The zero-order chi connectivity index (χ0) is 22.4. The van der Waals surface area contributed by atoms with Gasteiger partial charge in [-0.1, -0.05) is 11.6 Å². The molecule has 0 atom stereocenters. The Morgan fingerprint density at radius 3 is 2.58 bits per heavy atom. The number of Topliss-reactive ketones (excluding diaryl/α,β-unsaturated/α-hetero) is 1. The Morgan fingerprint density at radius 2 is 1.90 bits per heavy atom. The van der Waals surface area contributed by atoms with Crippen molar-refractivity contribution in [1.82, 2.24) is 14.9 Å². The van der Waals surface area contributed by atoms with Crippen LogP contribution in [0.1, 0.15) is 42.9 Å². The third-order valence-electron chi connectivity index (χ3n) is 4.86. The van der Waals surface area contributed by atoms with Crippen molar-refractivity contribution in [3.05, 3.63) is 69.2 Å². The number of ketones is 1. The van der Waals surface area contributed by atoms with Crippen LogP contribution >= 0.6 is 11.6 Å². The summed E-state index contributed by atoms with van der Waals surface area (Å²) in [6.45, 7) is 4.47. The molecular weight excluding hydrogens is 418 g/mol. The molecule has 3 rings (SSSR count). The van der Waals surface area contributed by atoms with Crippen LogP contribution in [0, 0.1) is 0 Å². The van der Waals surface area contributed by atoms with Crippen molar-refractivity contribution in [3.63, 3.8) is 0 Å². The number of rotatable bonds is 9. The Hall–Kier alpha value is -3.19. The lowest BCUT2D eigenvalue weighted by molar-refractivity contribution is -0.131. The highest BCUT2D eigenvalue weighted by atomic mass is 35.5. The van der Waals surface area contributed by atoms with E-state index >= 15 is 0 Å². The number of H-pyrrole nitrogens is 1. The summed E-state index contributed by atoms with van der Waals surface area (Å²) >= 11 is 6.00. The highest BCUT2D eigenvalue weighted by Crippen LogP contribution is 2.16. The second-order valence-corrected chi connectivity index (χ2v) is 7.55. The minimum atomic E-state index is -0.260. The smallest absolute Gasteiger partial charge is 0.258 e. The maximum atomic E-state index is 12.6. The molecule has 162 valence electrons. The lowest BCUT2D eigenvalue weighted by Gasteiger charge is -2.20. The number of ether oxygens (including phenoxy) is 1. The van der Waals surface area contributed by atoms with Gasteiger partial charge in [0.25, 0.3) is 5.56 Å². The number of carbonyl (C=O) groups is 2. The molecule has 0 spiro atoms. The molecule has 7 nitrogen and oxygen atoms in total. The first-order valence-corrected chi connectivity index (χ1v) is 10.4. The largest absolute Gasteiger partial charge is 0.494 e. The lowest BCUT2D eigenvalue weighted by Crippen LogP contribution is -2.32. The van der Waals surface area contributed by atoms with Crippen LogP contribution in [0.2, 0.25) is 5.02 Å². The fraction of sp³-hybridized carbons (Fsp3) is 0.304. The maximum Gasteiger partial charge on any atom is 0.258 e. The van der Waals surface area contributed by atoms with E-state index in [1.807, 2.05) is 6.92 Å². The predicted molar refractivity (Wildman–Crippen MR) is 120 cm³/mol. The maximum absolute atomic E-state index is 12.6. The molecule has 1 N–H and O–H groups in total. The van der Waals surface area contributed by atoms with E-state index in [9.17, 15) is 14.4 Å². The molecule has 0 bridgehead atoms. The summed E-state index contributed by atoms with van der Waals surface area (Å²) in [7, 11) is 0. The molecule has 8 heteroatoms. The molecule has 3 aromatic rings. The van der Waals surface area contributed by atoms with Crippen LogP contribution in [0.3, 0.4) is 0 Å². The second kappa shape index (κ2) is 10.2. The molecule has 0 radical (unpaired) electrons. The van der Waals surface area contributed by atoms with Crippen LogP contribution in [0.4, 0.5) is 0 Å². The van der Waals surface area contributed by atoms with E-state index in [2.05, 4.69) is 9.97 Å². The summed E-state index contributed by atoms with van der Waals surface area (Å²) in [5.74, 6) is 1.02. The van der Waals surface area contributed by atoms with Gasteiger partial charge in [-0.2, -0.15) is 0 Å². The highest BCUT2D eigenvalue weighted by molar-refractivity contribution is 6.31. The summed E-state index contributed by atoms with van der Waals surface area (Å²) in [6.07, 6.45) is 0.851. The molecule has 0 fully saturated rings. The van der Waals surface area contributed by atoms with E-state index in [0.717, 1.165) is 0 Å². The standard InChI is InChI=1S/C23H24ClN3O4/c1-3-27(14-21-25-20-13-17(24)8-11-19(20)23(30)26-21)22(29)5-4-12-31-18-9-6-16(7-10-18)15(2)28/h6-11,13H,3-5,12,14H2,1-2H3,(H,25,26,30). The first-order chi connectivity index (χ1) is 14.9. The topological polar surface area (TPSA) is 92.4 Å².